The van der Waals surface area contributed by atoms with E-state index in [1.807, 2.05) is 140 Å². The van der Waals surface area contributed by atoms with Crippen molar-refractivity contribution in [1.82, 2.24) is 88.1 Å². The summed E-state index contributed by atoms with van der Waals surface area (Å²) in [5.74, 6) is -0.699. The highest BCUT2D eigenvalue weighted by atomic mass is 35.5. The number of hydrogen-bond donors (Lipinski definition) is 8. The van der Waals surface area contributed by atoms with Crippen molar-refractivity contribution in [3.8, 4) is 55.6 Å². The van der Waals surface area contributed by atoms with Crippen LogP contribution in [0.3, 0.4) is 0 Å². The summed E-state index contributed by atoms with van der Waals surface area (Å²) in [6, 6.07) is 84.8. The Kier molecular flexibility index (Phi) is 31.4. The van der Waals surface area contributed by atoms with Gasteiger partial charge in [-0.3, -0.25) is 14.5 Å². The number of nitrogens with one attached hydrogen (secondary N) is 6. The SMILES string of the molecule is CN(C)C(=O)c1ccc(Nc2nc3c(-c4cccc(Cl)c4)cccn3n2)cc1.COC(=O)c1ccc(Nc2nc3c(-c4cccc(Cl)c4)cccn3n2)cc1.O=C(NCCCN1CCOCC1)c1ccc(Nc2nc3c(-c4cccc(C(F)(F)F)c4)cccn3n2)cc1.O=C(O)c1ccc(Nc2nc3c(-c4cccc(C(F)(F)F)c4)cccn3n2)cc1.O=C(O)c1ccc(Nc2nc3c(-c4cccc(Cl)c4)cccn3n2)cc1. The van der Waals surface area contributed by atoms with Crippen molar-refractivity contribution in [2.45, 2.75) is 18.8 Å². The van der Waals surface area contributed by atoms with Crippen molar-refractivity contribution < 1.29 is 70.0 Å². The lowest BCUT2D eigenvalue weighted by Gasteiger charge is -2.26. The fourth-order valence-corrected chi connectivity index (χ4v) is 16.1. The van der Waals surface area contributed by atoms with Gasteiger partial charge in [-0.25, -0.2) is 37.0 Å². The first-order valence-corrected chi connectivity index (χ1v) is 46.7. The number of nitrogens with zero attached hydrogens (tertiary/aromatic N) is 17. The molecule has 2 amide bonds. The monoisotopic (exact) mass is 2060 g/mol. The molecule has 11 heterocycles. The van der Waals surface area contributed by atoms with Crippen LogP contribution >= 0.6 is 34.8 Å². The lowest BCUT2D eigenvalue weighted by molar-refractivity contribution is -0.138. The Morgan fingerprint density at radius 1 is 0.365 bits per heavy atom. The maximum atomic E-state index is 13.2. The molecule has 10 aromatic carbocycles. The normalized spacial score (nSPS) is 11.9. The summed E-state index contributed by atoms with van der Waals surface area (Å²) < 4.78 is 96.9. The van der Waals surface area contributed by atoms with E-state index in [1.165, 1.54) is 52.5 Å². The van der Waals surface area contributed by atoms with Crippen LogP contribution in [-0.4, -0.2) is 183 Å². The second-order valence-electron chi connectivity index (χ2n) is 33.2. The number of aromatic carboxylic acids is 2. The van der Waals surface area contributed by atoms with Gasteiger partial charge in [-0.2, -0.15) is 51.3 Å². The number of halogens is 9. The number of aromatic nitrogens is 15. The van der Waals surface area contributed by atoms with Gasteiger partial charge in [0.2, 0.25) is 29.7 Å². The van der Waals surface area contributed by atoms with Crippen LogP contribution in [0.1, 0.15) is 69.3 Å². The first kappa shape index (κ1) is 102. The topological polar surface area (TPSA) is 374 Å². The highest BCUT2D eigenvalue weighted by Gasteiger charge is 2.33. The second kappa shape index (κ2) is 45.7. The van der Waals surface area contributed by atoms with E-state index >= 15 is 0 Å². The van der Waals surface area contributed by atoms with E-state index in [0.29, 0.717) is 118 Å². The smallest absolute Gasteiger partial charge is 0.416 e. The fraction of sp³-hybridized carbons (Fsp3) is 0.112. The van der Waals surface area contributed by atoms with Gasteiger partial charge in [0.05, 0.1) is 48.1 Å². The third-order valence-electron chi connectivity index (χ3n) is 22.8. The summed E-state index contributed by atoms with van der Waals surface area (Å²) >= 11 is 18.3. The van der Waals surface area contributed by atoms with Crippen LogP contribution in [0.2, 0.25) is 15.1 Å². The van der Waals surface area contributed by atoms with E-state index in [0.717, 1.165) is 114 Å². The van der Waals surface area contributed by atoms with Crippen molar-refractivity contribution in [3.63, 3.8) is 0 Å². The molecule has 148 heavy (non-hydrogen) atoms. The van der Waals surface area contributed by atoms with Gasteiger partial charge >= 0.3 is 30.3 Å². The zero-order valence-corrected chi connectivity index (χ0v) is 80.7. The second-order valence-corrected chi connectivity index (χ2v) is 34.5. The Labute approximate surface area is 853 Å². The molecule has 32 nitrogen and oxygen atoms in total. The number of carboxylic acid groups (broad SMARTS) is 2. The molecule has 41 heteroatoms. The summed E-state index contributed by atoms with van der Waals surface area (Å²) in [7, 11) is 4.81. The van der Waals surface area contributed by atoms with Gasteiger partial charge in [0.15, 0.2) is 28.2 Å². The van der Waals surface area contributed by atoms with E-state index < -0.39 is 35.4 Å². The van der Waals surface area contributed by atoms with Crippen molar-refractivity contribution in [3.05, 3.63) is 388 Å². The van der Waals surface area contributed by atoms with Crippen molar-refractivity contribution in [2.75, 3.05) is 87.2 Å². The number of carboxylic acids is 2. The maximum absolute atomic E-state index is 13.2. The lowest BCUT2D eigenvalue weighted by atomic mass is 10.0. The number of amides is 2. The summed E-state index contributed by atoms with van der Waals surface area (Å²) in [5, 5.41) is 60.4. The highest BCUT2D eigenvalue weighted by Crippen LogP contribution is 2.38. The van der Waals surface area contributed by atoms with Crippen LogP contribution in [0.15, 0.2) is 334 Å². The van der Waals surface area contributed by atoms with Crippen LogP contribution in [-0.2, 0) is 21.8 Å². The van der Waals surface area contributed by atoms with Crippen LogP contribution in [0.5, 0.6) is 0 Å². The van der Waals surface area contributed by atoms with Crippen molar-refractivity contribution in [2.24, 2.45) is 0 Å². The molecule has 1 aliphatic rings. The molecule has 1 saturated heterocycles. The molecule has 1 aliphatic heterocycles. The number of anilines is 10. The Morgan fingerprint density at radius 2 is 0.642 bits per heavy atom. The number of carbonyl (C=O) groups excluding carboxylic acids is 3. The highest BCUT2D eigenvalue weighted by molar-refractivity contribution is 6.31. The fourth-order valence-electron chi connectivity index (χ4n) is 15.6. The number of carbonyl (C=O) groups is 5. The number of pyridine rings is 5. The standard InChI is InChI=1S/C27H27F3N6O2.C21H18ClN5O.C20H15ClN4O2.C20H13F3N4O2.C19H13ClN4O2/c28-27(29,30)21-5-1-4-20(18-21)23-6-2-13-36-24(23)33-26(34-36)32-22-9-7-19(8-10-22)25(37)31-11-3-12-35-14-16-38-17-15-35;1-26(2)20(28)14-8-10-17(11-9-14)23-21-24-19-18(7-4-12-27(19)25-21)15-5-3-6-16(22)13-15;1-27-19(26)13-7-9-16(10-8-13)22-20-23-18-17(6-3-11-25(18)24-20)14-4-2-5-15(21)12-14;21-20(22,23)14-4-1-3-13(11-14)16-5-2-10-27-17(16)25-19(26-27)24-15-8-6-12(7-9-15)18(28)29;20-14-4-1-3-13(11-14)16-5-2-10-24-17(16)22-19(23-24)21-15-8-6-12(7-9-15)18(25)26/h1-2,4-10,13,18H,3,11-12,14-17H2,(H,31,37)(H,32,34);3-13H,1-2H3,(H,23,25);2-12H,1H3,(H,22,24);1-11H,(H,24,26)(H,28,29);1-11H,(H,21,23)(H,25,26). The molecule has 10 aromatic heterocycles. The Bertz CT molecular complexity index is 8190. The predicted octanol–water partition coefficient (Wildman–Crippen LogP) is 23.0. The van der Waals surface area contributed by atoms with E-state index in [1.54, 1.807) is 166 Å². The molecule has 8 N–H and O–H groups in total. The van der Waals surface area contributed by atoms with E-state index in [4.69, 9.17) is 54.5 Å². The first-order chi connectivity index (χ1) is 71.4. The van der Waals surface area contributed by atoms with Gasteiger partial charge in [-0.05, 0) is 283 Å². The summed E-state index contributed by atoms with van der Waals surface area (Å²) in [4.78, 5) is 84.4. The number of methoxy groups -OCH3 is 1. The van der Waals surface area contributed by atoms with Crippen molar-refractivity contribution in [1.29, 1.82) is 0 Å². The van der Waals surface area contributed by atoms with Gasteiger partial charge in [-0.15, -0.1) is 25.5 Å². The number of fused-ring (bicyclic) bond motifs is 5. The molecule has 0 unspecified atom stereocenters. The van der Waals surface area contributed by atoms with Gasteiger partial charge in [-0.1, -0.05) is 95.5 Å². The maximum Gasteiger partial charge on any atom is 0.416 e. The number of hydrogen-bond acceptors (Lipinski definition) is 23. The molecule has 1 fully saturated rings. The van der Waals surface area contributed by atoms with Crippen LogP contribution in [0.25, 0.3) is 83.9 Å². The molecule has 21 rings (SSSR count). The molecular weight excluding hydrogens is 1970 g/mol. The molecular formula is C107H86Cl3F6N23O9. The third kappa shape index (κ3) is 25.4. The van der Waals surface area contributed by atoms with E-state index in [9.17, 15) is 50.3 Å². The Morgan fingerprint density at radius 3 is 0.919 bits per heavy atom. The summed E-state index contributed by atoms with van der Waals surface area (Å²) in [5.41, 5.74) is 14.5. The minimum absolute atomic E-state index is 0.0384. The molecule has 0 saturated carbocycles. The lowest BCUT2D eigenvalue weighted by Crippen LogP contribution is -2.38. The zero-order chi connectivity index (χ0) is 104. The van der Waals surface area contributed by atoms with Crippen molar-refractivity contribution >= 4 is 151 Å². The number of esters is 1. The molecule has 0 aliphatic carbocycles. The first-order valence-electron chi connectivity index (χ1n) is 45.5. The minimum atomic E-state index is -4.44. The third-order valence-corrected chi connectivity index (χ3v) is 23.5. The summed E-state index contributed by atoms with van der Waals surface area (Å²) in [6.45, 7) is 4.89. The zero-order valence-electron chi connectivity index (χ0n) is 78.5. The number of alkyl halides is 6. The van der Waals surface area contributed by atoms with E-state index in [-0.39, 0.29) is 40.8 Å². The van der Waals surface area contributed by atoms with Gasteiger partial charge < -0.3 is 56.5 Å². The molecule has 0 bridgehead atoms. The number of rotatable bonds is 24. The molecule has 746 valence electrons. The molecule has 20 aromatic rings. The number of morpholine rings is 1. The van der Waals surface area contributed by atoms with Gasteiger partial charge in [0.25, 0.3) is 11.8 Å². The predicted molar refractivity (Wildman–Crippen MR) is 553 cm³/mol. The molecule has 0 atom stereocenters. The number of ether oxygens (including phenoxy) is 2. The molecule has 0 spiro atoms. The van der Waals surface area contributed by atoms with Crippen LogP contribution in [0.4, 0.5) is 84.5 Å². The average molecular weight is 2060 g/mol. The number of benzene rings is 10. The molecule has 0 radical (unpaired) electrons. The Balaban J connectivity index is 0.000000127. The van der Waals surface area contributed by atoms with Gasteiger partial charge in [0.1, 0.15) is 0 Å². The minimum Gasteiger partial charge on any atom is -0.478 e. The average Bonchev–Trinajstić information content (AvgIpc) is 1.63. The van der Waals surface area contributed by atoms with E-state index in [2.05, 4.69) is 87.2 Å². The largest absolute Gasteiger partial charge is 0.478 e. The quantitative estimate of drug-likeness (QED) is 0.0158. The van der Waals surface area contributed by atoms with Crippen LogP contribution in [0, 0.1) is 0 Å². The Hall–Kier alpha value is -18.0. The van der Waals surface area contributed by atoms with Gasteiger partial charge in [0, 0.05) is 147 Å². The van der Waals surface area contributed by atoms with Crippen LogP contribution < -0.4 is 31.9 Å². The summed E-state index contributed by atoms with van der Waals surface area (Å²) in [6.07, 6.45) is 0.803.